The molecule has 19 heavy (non-hydrogen) atoms. The molecule has 0 aliphatic rings. The second-order valence-corrected chi connectivity index (χ2v) is 4.35. The van der Waals surface area contributed by atoms with E-state index in [9.17, 15) is 4.39 Å². The molecule has 100 valence electrons. The van der Waals surface area contributed by atoms with E-state index in [1.807, 2.05) is 30.1 Å². The van der Waals surface area contributed by atoms with Gasteiger partial charge in [-0.05, 0) is 37.2 Å². The Bertz CT molecular complexity index is 527. The van der Waals surface area contributed by atoms with Crippen LogP contribution < -0.4 is 10.6 Å². The van der Waals surface area contributed by atoms with Crippen LogP contribution in [0.4, 0.5) is 10.2 Å². The van der Waals surface area contributed by atoms with Gasteiger partial charge < -0.3 is 10.6 Å². The van der Waals surface area contributed by atoms with Gasteiger partial charge in [-0.25, -0.2) is 4.39 Å². The fourth-order valence-electron chi connectivity index (χ4n) is 1.77. The summed E-state index contributed by atoms with van der Waals surface area (Å²) in [6.07, 6.45) is 0.907. The molecule has 4 nitrogen and oxygen atoms in total. The molecule has 0 saturated heterocycles. The Kier molecular flexibility index (Phi) is 4.41. The van der Waals surface area contributed by atoms with E-state index in [1.54, 1.807) is 6.07 Å². The zero-order valence-electron chi connectivity index (χ0n) is 10.9. The van der Waals surface area contributed by atoms with Crippen LogP contribution in [0, 0.1) is 5.82 Å². The Morgan fingerprint density at radius 2 is 2.05 bits per heavy atom. The number of nitrogens with two attached hydrogens (primary N) is 1. The summed E-state index contributed by atoms with van der Waals surface area (Å²) in [5, 5.41) is 8.28. The summed E-state index contributed by atoms with van der Waals surface area (Å²) in [4.78, 5) is 2.00. The fourth-order valence-corrected chi connectivity index (χ4v) is 1.77. The molecular weight excluding hydrogens is 243 g/mol. The van der Waals surface area contributed by atoms with Crippen molar-refractivity contribution in [2.45, 2.75) is 6.42 Å². The van der Waals surface area contributed by atoms with E-state index in [0.29, 0.717) is 12.2 Å². The standard InChI is InChI=1S/C14H17FN4/c1-19(9-3-8-16)14-7-6-13(17-18-14)11-4-2-5-12(15)10-11/h2,4-7,10H,3,8-9,16H2,1H3. The highest BCUT2D eigenvalue weighted by atomic mass is 19.1. The monoisotopic (exact) mass is 260 g/mol. The minimum atomic E-state index is -0.275. The summed E-state index contributed by atoms with van der Waals surface area (Å²) >= 11 is 0. The van der Waals surface area contributed by atoms with Gasteiger partial charge in [-0.1, -0.05) is 12.1 Å². The van der Waals surface area contributed by atoms with Gasteiger partial charge >= 0.3 is 0 Å². The van der Waals surface area contributed by atoms with Gasteiger partial charge in [0.25, 0.3) is 0 Å². The zero-order chi connectivity index (χ0) is 13.7. The van der Waals surface area contributed by atoms with Crippen LogP contribution in [0.15, 0.2) is 36.4 Å². The zero-order valence-corrected chi connectivity index (χ0v) is 10.9. The fraction of sp³-hybridized carbons (Fsp3) is 0.286. The van der Waals surface area contributed by atoms with Crippen LogP contribution in [0.2, 0.25) is 0 Å². The first-order valence-electron chi connectivity index (χ1n) is 6.21. The number of nitrogens with zero attached hydrogens (tertiary/aromatic N) is 3. The smallest absolute Gasteiger partial charge is 0.151 e. The van der Waals surface area contributed by atoms with Crippen molar-refractivity contribution in [2.24, 2.45) is 5.73 Å². The van der Waals surface area contributed by atoms with E-state index in [-0.39, 0.29) is 5.82 Å². The van der Waals surface area contributed by atoms with Crippen LogP contribution in [-0.4, -0.2) is 30.3 Å². The molecule has 1 aromatic heterocycles. The summed E-state index contributed by atoms with van der Waals surface area (Å²) in [7, 11) is 1.95. The van der Waals surface area contributed by atoms with E-state index in [2.05, 4.69) is 10.2 Å². The van der Waals surface area contributed by atoms with Crippen molar-refractivity contribution < 1.29 is 4.39 Å². The van der Waals surface area contributed by atoms with E-state index < -0.39 is 0 Å². The number of anilines is 1. The minimum Gasteiger partial charge on any atom is -0.358 e. The molecule has 0 saturated carbocycles. The Labute approximate surface area is 112 Å². The number of hydrogen-bond acceptors (Lipinski definition) is 4. The number of rotatable bonds is 5. The first-order chi connectivity index (χ1) is 9.20. The molecule has 0 aliphatic carbocycles. The number of halogens is 1. The van der Waals surface area contributed by atoms with Gasteiger partial charge in [0.2, 0.25) is 0 Å². The predicted octanol–water partition coefficient (Wildman–Crippen LogP) is 2.07. The molecule has 0 aliphatic heterocycles. The Morgan fingerprint density at radius 3 is 2.68 bits per heavy atom. The van der Waals surface area contributed by atoms with E-state index in [0.717, 1.165) is 24.3 Å². The van der Waals surface area contributed by atoms with Crippen LogP contribution >= 0.6 is 0 Å². The van der Waals surface area contributed by atoms with Crippen molar-refractivity contribution in [2.75, 3.05) is 25.0 Å². The van der Waals surface area contributed by atoms with Gasteiger partial charge in [-0.2, -0.15) is 0 Å². The molecule has 0 atom stereocenters. The Morgan fingerprint density at radius 1 is 1.21 bits per heavy atom. The molecule has 1 aromatic carbocycles. The predicted molar refractivity (Wildman–Crippen MR) is 74.4 cm³/mol. The Balaban J connectivity index is 2.14. The molecule has 0 amide bonds. The van der Waals surface area contributed by atoms with Crippen molar-refractivity contribution in [3.05, 3.63) is 42.2 Å². The van der Waals surface area contributed by atoms with Crippen molar-refractivity contribution in [1.82, 2.24) is 10.2 Å². The maximum atomic E-state index is 13.1. The molecule has 5 heteroatoms. The lowest BCUT2D eigenvalue weighted by atomic mass is 10.1. The minimum absolute atomic E-state index is 0.275. The van der Waals surface area contributed by atoms with Gasteiger partial charge in [0.15, 0.2) is 5.82 Å². The lowest BCUT2D eigenvalue weighted by Crippen LogP contribution is -2.22. The maximum Gasteiger partial charge on any atom is 0.151 e. The summed E-state index contributed by atoms with van der Waals surface area (Å²) in [6, 6.07) is 10.0. The van der Waals surface area contributed by atoms with E-state index in [4.69, 9.17) is 5.73 Å². The van der Waals surface area contributed by atoms with Gasteiger partial charge in [-0.3, -0.25) is 0 Å². The lowest BCUT2D eigenvalue weighted by Gasteiger charge is -2.16. The van der Waals surface area contributed by atoms with Crippen molar-refractivity contribution in [3.8, 4) is 11.3 Å². The second kappa shape index (κ2) is 6.24. The van der Waals surface area contributed by atoms with Crippen LogP contribution in [0.25, 0.3) is 11.3 Å². The molecule has 2 N–H and O–H groups in total. The van der Waals surface area contributed by atoms with E-state index >= 15 is 0 Å². The number of aromatic nitrogens is 2. The molecule has 2 aromatic rings. The summed E-state index contributed by atoms with van der Waals surface area (Å²) in [5.74, 6) is 0.511. The lowest BCUT2D eigenvalue weighted by molar-refractivity contribution is 0.628. The molecule has 0 unspecified atom stereocenters. The molecule has 0 radical (unpaired) electrons. The van der Waals surface area contributed by atoms with Crippen LogP contribution in [0.5, 0.6) is 0 Å². The second-order valence-electron chi connectivity index (χ2n) is 4.35. The van der Waals surface area contributed by atoms with Crippen LogP contribution in [0.3, 0.4) is 0 Å². The molecule has 0 spiro atoms. The quantitative estimate of drug-likeness (QED) is 0.894. The van der Waals surface area contributed by atoms with Crippen molar-refractivity contribution >= 4 is 5.82 Å². The summed E-state index contributed by atoms with van der Waals surface area (Å²) in [5.41, 5.74) is 6.86. The van der Waals surface area contributed by atoms with Crippen molar-refractivity contribution in [1.29, 1.82) is 0 Å². The van der Waals surface area contributed by atoms with Gasteiger partial charge in [0.1, 0.15) is 5.82 Å². The van der Waals surface area contributed by atoms with Gasteiger partial charge in [0, 0.05) is 19.2 Å². The molecule has 0 bridgehead atoms. The average Bonchev–Trinajstić information content (AvgIpc) is 2.45. The van der Waals surface area contributed by atoms with Gasteiger partial charge in [0.05, 0.1) is 5.69 Å². The average molecular weight is 260 g/mol. The highest BCUT2D eigenvalue weighted by Gasteiger charge is 2.05. The highest BCUT2D eigenvalue weighted by molar-refractivity contribution is 5.59. The van der Waals surface area contributed by atoms with Crippen LogP contribution in [0.1, 0.15) is 6.42 Å². The van der Waals surface area contributed by atoms with Crippen molar-refractivity contribution in [3.63, 3.8) is 0 Å². The highest BCUT2D eigenvalue weighted by Crippen LogP contribution is 2.18. The molecular formula is C14H17FN4. The maximum absolute atomic E-state index is 13.1. The van der Waals surface area contributed by atoms with E-state index in [1.165, 1.54) is 12.1 Å². The topological polar surface area (TPSA) is 55.0 Å². The third-order valence-corrected chi connectivity index (χ3v) is 2.86. The first kappa shape index (κ1) is 13.4. The first-order valence-corrected chi connectivity index (χ1v) is 6.21. The largest absolute Gasteiger partial charge is 0.358 e. The molecule has 1 heterocycles. The summed E-state index contributed by atoms with van der Waals surface area (Å²) < 4.78 is 13.1. The SMILES string of the molecule is CN(CCCN)c1ccc(-c2cccc(F)c2)nn1. The Hall–Kier alpha value is -2.01. The molecule has 0 fully saturated rings. The molecule has 2 rings (SSSR count). The summed E-state index contributed by atoms with van der Waals surface area (Å²) in [6.45, 7) is 1.49. The van der Waals surface area contributed by atoms with Crippen LogP contribution in [-0.2, 0) is 0 Å². The third kappa shape index (κ3) is 3.48. The third-order valence-electron chi connectivity index (χ3n) is 2.86. The van der Waals surface area contributed by atoms with Gasteiger partial charge in [-0.15, -0.1) is 10.2 Å². The normalized spacial score (nSPS) is 10.5. The number of hydrogen-bond donors (Lipinski definition) is 1. The number of benzene rings is 1.